The largest absolute Gasteiger partial charge is 0.361 e. The highest BCUT2D eigenvalue weighted by Crippen LogP contribution is 2.40. The lowest BCUT2D eigenvalue weighted by Gasteiger charge is -2.46. The molecule has 0 aliphatic carbocycles. The summed E-state index contributed by atoms with van der Waals surface area (Å²) in [6, 6.07) is 18.1. The van der Waals surface area contributed by atoms with E-state index in [1.807, 2.05) is 59.1 Å². The van der Waals surface area contributed by atoms with Crippen molar-refractivity contribution in [2.24, 2.45) is 0 Å². The van der Waals surface area contributed by atoms with E-state index in [9.17, 15) is 4.79 Å². The molecule has 2 aromatic carbocycles. The molecule has 2 aliphatic rings. The summed E-state index contributed by atoms with van der Waals surface area (Å²) in [5, 5.41) is 3.66. The van der Waals surface area contributed by atoms with Gasteiger partial charge in [-0.15, -0.1) is 0 Å². The Labute approximate surface area is 134 Å². The first-order valence-corrected chi connectivity index (χ1v) is 8.75. The zero-order valence-electron chi connectivity index (χ0n) is 12.3. The van der Waals surface area contributed by atoms with Crippen molar-refractivity contribution in [2.45, 2.75) is 18.6 Å². The van der Waals surface area contributed by atoms with Crippen molar-refractivity contribution in [1.82, 2.24) is 4.90 Å². The predicted octanol–water partition coefficient (Wildman–Crippen LogP) is 3.59. The molecule has 4 rings (SSSR count). The van der Waals surface area contributed by atoms with Crippen molar-refractivity contribution < 1.29 is 4.79 Å². The highest BCUT2D eigenvalue weighted by molar-refractivity contribution is 7.99. The molecule has 0 radical (unpaired) electrons. The van der Waals surface area contributed by atoms with E-state index in [0.29, 0.717) is 6.54 Å². The van der Waals surface area contributed by atoms with Crippen molar-refractivity contribution in [3.05, 3.63) is 65.7 Å². The minimum atomic E-state index is -0.244. The number of para-hydroxylation sites is 1. The standard InChI is InChI=1S/C18H18N2OS/c21-17-15-8-4-5-9-16(15)19-18(10-11-22-13-18)20(17)12-14-6-2-1-3-7-14/h1-9,19H,10-13H2/t18-/m1/s1. The van der Waals surface area contributed by atoms with Crippen LogP contribution in [0.1, 0.15) is 22.3 Å². The van der Waals surface area contributed by atoms with Crippen molar-refractivity contribution >= 4 is 23.4 Å². The number of nitrogens with one attached hydrogen (secondary N) is 1. The summed E-state index contributed by atoms with van der Waals surface area (Å²) in [5.74, 6) is 2.17. The molecule has 1 spiro atoms. The highest BCUT2D eigenvalue weighted by Gasteiger charge is 2.46. The van der Waals surface area contributed by atoms with Gasteiger partial charge >= 0.3 is 0 Å². The lowest BCUT2D eigenvalue weighted by atomic mass is 9.97. The molecule has 0 bridgehead atoms. The van der Waals surface area contributed by atoms with E-state index >= 15 is 0 Å². The zero-order valence-corrected chi connectivity index (χ0v) is 13.1. The van der Waals surface area contributed by atoms with Crippen molar-refractivity contribution in [1.29, 1.82) is 0 Å². The van der Waals surface area contributed by atoms with E-state index < -0.39 is 0 Å². The third-order valence-corrected chi connectivity index (χ3v) is 5.65. The molecular weight excluding hydrogens is 292 g/mol. The molecule has 1 amide bonds. The van der Waals surface area contributed by atoms with Gasteiger partial charge in [0.05, 0.1) is 5.56 Å². The van der Waals surface area contributed by atoms with Gasteiger partial charge in [-0.2, -0.15) is 11.8 Å². The highest BCUT2D eigenvalue weighted by atomic mass is 32.2. The first kappa shape index (κ1) is 13.7. The average Bonchev–Trinajstić information content (AvgIpc) is 3.02. The molecule has 2 aliphatic heterocycles. The Morgan fingerprint density at radius 2 is 1.86 bits per heavy atom. The SMILES string of the molecule is O=C1c2ccccc2N[C@]2(CCSC2)N1Cc1ccccc1. The van der Waals surface area contributed by atoms with E-state index in [2.05, 4.69) is 17.4 Å². The normalized spacial score (nSPS) is 23.5. The maximum Gasteiger partial charge on any atom is 0.258 e. The molecule has 3 nitrogen and oxygen atoms in total. The van der Waals surface area contributed by atoms with E-state index in [1.54, 1.807) is 0 Å². The van der Waals surface area contributed by atoms with Crippen LogP contribution < -0.4 is 5.32 Å². The second-order valence-electron chi connectivity index (χ2n) is 5.88. The fraction of sp³-hybridized carbons (Fsp3) is 0.278. The quantitative estimate of drug-likeness (QED) is 0.920. The number of thioether (sulfide) groups is 1. The van der Waals surface area contributed by atoms with Crippen LogP contribution in [0.25, 0.3) is 0 Å². The summed E-state index contributed by atoms with van der Waals surface area (Å²) in [4.78, 5) is 15.1. The molecule has 0 aromatic heterocycles. The Hall–Kier alpha value is -1.94. The lowest BCUT2D eigenvalue weighted by molar-refractivity contribution is 0.0531. The molecule has 0 saturated carbocycles. The molecule has 2 aromatic rings. The van der Waals surface area contributed by atoms with Gasteiger partial charge in [0.2, 0.25) is 0 Å². The van der Waals surface area contributed by atoms with Crippen molar-refractivity contribution in [3.8, 4) is 0 Å². The Kier molecular flexibility index (Phi) is 3.34. The fourth-order valence-corrected chi connectivity index (χ4v) is 4.63. The first-order chi connectivity index (χ1) is 10.8. The van der Waals surface area contributed by atoms with Crippen LogP contribution in [0.4, 0.5) is 5.69 Å². The van der Waals surface area contributed by atoms with Crippen LogP contribution in [0.3, 0.4) is 0 Å². The third kappa shape index (κ3) is 2.18. The number of benzene rings is 2. The van der Waals surface area contributed by atoms with Gasteiger partial charge in [0.25, 0.3) is 5.91 Å². The molecule has 112 valence electrons. The minimum Gasteiger partial charge on any atom is -0.361 e. The summed E-state index contributed by atoms with van der Waals surface area (Å²) in [6.45, 7) is 0.654. The van der Waals surface area contributed by atoms with E-state index in [0.717, 1.165) is 29.2 Å². The molecule has 1 saturated heterocycles. The van der Waals surface area contributed by atoms with Gasteiger partial charge in [0.15, 0.2) is 0 Å². The molecule has 4 heteroatoms. The molecular formula is C18H18N2OS. The Morgan fingerprint density at radius 3 is 2.64 bits per heavy atom. The van der Waals surface area contributed by atoms with Crippen LogP contribution in [0.2, 0.25) is 0 Å². The Morgan fingerprint density at radius 1 is 1.09 bits per heavy atom. The molecule has 0 unspecified atom stereocenters. The monoisotopic (exact) mass is 310 g/mol. The zero-order chi connectivity index (χ0) is 15.0. The Balaban J connectivity index is 1.75. The number of hydrogen-bond donors (Lipinski definition) is 1. The fourth-order valence-electron chi connectivity index (χ4n) is 3.29. The maximum atomic E-state index is 13.1. The number of hydrogen-bond acceptors (Lipinski definition) is 3. The maximum absolute atomic E-state index is 13.1. The van der Waals surface area contributed by atoms with Crippen molar-refractivity contribution in [2.75, 3.05) is 16.8 Å². The number of carbonyl (C=O) groups excluding carboxylic acids is 1. The van der Waals surface area contributed by atoms with E-state index in [1.165, 1.54) is 5.56 Å². The molecule has 1 N–H and O–H groups in total. The van der Waals surface area contributed by atoms with Gasteiger partial charge < -0.3 is 10.2 Å². The van der Waals surface area contributed by atoms with Crippen LogP contribution in [0.15, 0.2) is 54.6 Å². The number of carbonyl (C=O) groups is 1. The molecule has 1 atom stereocenters. The topological polar surface area (TPSA) is 32.3 Å². The summed E-state index contributed by atoms with van der Waals surface area (Å²) in [6.07, 6.45) is 0.991. The smallest absolute Gasteiger partial charge is 0.258 e. The molecule has 22 heavy (non-hydrogen) atoms. The average molecular weight is 310 g/mol. The summed E-state index contributed by atoms with van der Waals surface area (Å²) in [7, 11) is 0. The number of fused-ring (bicyclic) bond motifs is 1. The minimum absolute atomic E-state index is 0.140. The van der Waals surface area contributed by atoms with Gasteiger partial charge in [0.1, 0.15) is 5.66 Å². The lowest BCUT2D eigenvalue weighted by Crippen LogP contribution is -2.59. The van der Waals surface area contributed by atoms with Gasteiger partial charge in [-0.25, -0.2) is 0 Å². The van der Waals surface area contributed by atoms with Crippen LogP contribution in [-0.4, -0.2) is 28.0 Å². The third-order valence-electron chi connectivity index (χ3n) is 4.47. The van der Waals surface area contributed by atoms with Gasteiger partial charge in [0, 0.05) is 18.0 Å². The number of nitrogens with zero attached hydrogens (tertiary/aromatic N) is 1. The van der Waals surface area contributed by atoms with Crippen LogP contribution >= 0.6 is 11.8 Å². The van der Waals surface area contributed by atoms with E-state index in [-0.39, 0.29) is 11.6 Å². The molecule has 2 heterocycles. The second-order valence-corrected chi connectivity index (χ2v) is 6.99. The number of anilines is 1. The van der Waals surface area contributed by atoms with Gasteiger partial charge in [-0.05, 0) is 29.9 Å². The van der Waals surface area contributed by atoms with E-state index in [4.69, 9.17) is 0 Å². The summed E-state index contributed by atoms with van der Waals surface area (Å²) < 4.78 is 0. The Bertz CT molecular complexity index is 695. The van der Waals surface area contributed by atoms with Gasteiger partial charge in [-0.1, -0.05) is 42.5 Å². The second kappa shape index (κ2) is 5.36. The number of rotatable bonds is 2. The predicted molar refractivity (Wildman–Crippen MR) is 91.1 cm³/mol. The summed E-state index contributed by atoms with van der Waals surface area (Å²) >= 11 is 1.91. The first-order valence-electron chi connectivity index (χ1n) is 7.59. The molecule has 1 fully saturated rings. The number of amides is 1. The van der Waals surface area contributed by atoms with Crippen LogP contribution in [-0.2, 0) is 6.54 Å². The van der Waals surface area contributed by atoms with Crippen LogP contribution in [0, 0.1) is 0 Å². The van der Waals surface area contributed by atoms with Crippen LogP contribution in [0.5, 0.6) is 0 Å². The summed E-state index contributed by atoms with van der Waals surface area (Å²) in [5.41, 5.74) is 2.68. The van der Waals surface area contributed by atoms with Gasteiger partial charge in [-0.3, -0.25) is 4.79 Å². The van der Waals surface area contributed by atoms with Crippen molar-refractivity contribution in [3.63, 3.8) is 0 Å².